The molecule has 0 saturated carbocycles. The molecule has 0 unspecified atom stereocenters. The van der Waals surface area contributed by atoms with Gasteiger partial charge in [0, 0.05) is 11.6 Å². The molecule has 0 saturated heterocycles. The molecular weight excluding hydrogens is 228 g/mol. The summed E-state index contributed by atoms with van der Waals surface area (Å²) in [5.41, 5.74) is 14.1. The van der Waals surface area contributed by atoms with E-state index < -0.39 is 0 Å². The van der Waals surface area contributed by atoms with E-state index in [0.29, 0.717) is 11.5 Å². The molecule has 0 aliphatic heterocycles. The molecule has 2 rings (SSSR count). The Morgan fingerprint density at radius 2 is 2.00 bits per heavy atom. The van der Waals surface area contributed by atoms with Crippen molar-refractivity contribution in [3.8, 4) is 17.0 Å². The first-order valence-electron chi connectivity index (χ1n) is 5.82. The summed E-state index contributed by atoms with van der Waals surface area (Å²) in [6, 6.07) is 7.88. The van der Waals surface area contributed by atoms with Crippen LogP contribution in [0.1, 0.15) is 19.9 Å². The van der Waals surface area contributed by atoms with Crippen LogP contribution in [0.25, 0.3) is 11.3 Å². The molecule has 4 N–H and O–H groups in total. The van der Waals surface area contributed by atoms with Crippen molar-refractivity contribution in [3.63, 3.8) is 0 Å². The maximum absolute atomic E-state index is 6.02. The van der Waals surface area contributed by atoms with Crippen LogP contribution in [0.4, 0.5) is 11.5 Å². The number of benzene rings is 1. The Morgan fingerprint density at radius 3 is 2.61 bits per heavy atom. The molecule has 0 atom stereocenters. The molecule has 0 bridgehead atoms. The zero-order chi connectivity index (χ0) is 13.3. The third kappa shape index (κ3) is 1.99. The van der Waals surface area contributed by atoms with Gasteiger partial charge in [0.25, 0.3) is 0 Å². The van der Waals surface area contributed by atoms with Gasteiger partial charge in [0.2, 0.25) is 0 Å². The third-order valence-corrected chi connectivity index (χ3v) is 2.81. The lowest BCUT2D eigenvalue weighted by Gasteiger charge is -2.12. The van der Waals surface area contributed by atoms with Gasteiger partial charge in [0.15, 0.2) is 5.82 Å². The number of rotatable bonds is 3. The molecule has 1 aromatic heterocycles. The maximum Gasteiger partial charge on any atom is 0.169 e. The molecule has 0 radical (unpaired) electrons. The molecule has 0 aliphatic rings. The monoisotopic (exact) mass is 246 g/mol. The Labute approximate surface area is 106 Å². The molecule has 5 heteroatoms. The van der Waals surface area contributed by atoms with Crippen LogP contribution in [0.5, 0.6) is 5.75 Å². The van der Waals surface area contributed by atoms with E-state index in [1.807, 2.05) is 42.8 Å². The van der Waals surface area contributed by atoms with E-state index in [-0.39, 0.29) is 6.04 Å². The van der Waals surface area contributed by atoms with Crippen LogP contribution in [0, 0.1) is 0 Å². The number of hydrogen-bond donors (Lipinski definition) is 2. The van der Waals surface area contributed by atoms with E-state index in [2.05, 4.69) is 5.10 Å². The van der Waals surface area contributed by atoms with Gasteiger partial charge in [-0.15, -0.1) is 0 Å². The first-order valence-corrected chi connectivity index (χ1v) is 5.82. The van der Waals surface area contributed by atoms with Crippen molar-refractivity contribution in [3.05, 3.63) is 24.3 Å². The second kappa shape index (κ2) is 4.60. The van der Waals surface area contributed by atoms with Crippen LogP contribution in [0.2, 0.25) is 0 Å². The number of hydrogen-bond acceptors (Lipinski definition) is 4. The minimum Gasteiger partial charge on any atom is -0.497 e. The van der Waals surface area contributed by atoms with E-state index in [9.17, 15) is 0 Å². The van der Waals surface area contributed by atoms with E-state index in [1.54, 1.807) is 7.11 Å². The predicted octanol–water partition coefficient (Wildman–Crippen LogP) is 2.30. The zero-order valence-electron chi connectivity index (χ0n) is 10.8. The Kier molecular flexibility index (Phi) is 3.14. The van der Waals surface area contributed by atoms with Gasteiger partial charge >= 0.3 is 0 Å². The summed E-state index contributed by atoms with van der Waals surface area (Å²) in [7, 11) is 1.64. The summed E-state index contributed by atoms with van der Waals surface area (Å²) in [5.74, 6) is 1.14. The quantitative estimate of drug-likeness (QED) is 0.871. The van der Waals surface area contributed by atoms with Gasteiger partial charge in [-0.3, -0.25) is 4.68 Å². The zero-order valence-corrected chi connectivity index (χ0v) is 10.8. The van der Waals surface area contributed by atoms with Crippen molar-refractivity contribution in [1.82, 2.24) is 9.78 Å². The number of nitrogens with two attached hydrogens (primary N) is 2. The smallest absolute Gasteiger partial charge is 0.169 e. The first-order chi connectivity index (χ1) is 8.54. The van der Waals surface area contributed by atoms with Crippen molar-refractivity contribution in [2.24, 2.45) is 0 Å². The fraction of sp³-hybridized carbons (Fsp3) is 0.308. The van der Waals surface area contributed by atoms with Gasteiger partial charge in [-0.2, -0.15) is 5.10 Å². The predicted molar refractivity (Wildman–Crippen MR) is 73.4 cm³/mol. The van der Waals surface area contributed by atoms with Gasteiger partial charge in [-0.25, -0.2) is 0 Å². The number of nitrogen functional groups attached to an aromatic ring is 2. The highest BCUT2D eigenvalue weighted by atomic mass is 16.5. The first kappa shape index (κ1) is 12.3. The summed E-state index contributed by atoms with van der Waals surface area (Å²) in [6.07, 6.45) is 0. The molecule has 1 aromatic carbocycles. The fourth-order valence-electron chi connectivity index (χ4n) is 1.90. The molecular formula is C13H18N4O. The van der Waals surface area contributed by atoms with Crippen LogP contribution >= 0.6 is 0 Å². The highest BCUT2D eigenvalue weighted by molar-refractivity contribution is 5.81. The van der Waals surface area contributed by atoms with Crippen molar-refractivity contribution in [2.45, 2.75) is 19.9 Å². The van der Waals surface area contributed by atoms with E-state index in [1.165, 1.54) is 0 Å². The normalized spacial score (nSPS) is 10.9. The Bertz CT molecular complexity index is 560. The van der Waals surface area contributed by atoms with Crippen molar-refractivity contribution in [2.75, 3.05) is 18.6 Å². The Balaban J connectivity index is 2.61. The Hall–Kier alpha value is -2.17. The molecule has 1 heterocycles. The number of aromatic nitrogens is 2. The lowest BCUT2D eigenvalue weighted by Crippen LogP contribution is -2.05. The van der Waals surface area contributed by atoms with Crippen LogP contribution in [0.3, 0.4) is 0 Å². The highest BCUT2D eigenvalue weighted by Crippen LogP contribution is 2.33. The molecule has 0 amide bonds. The summed E-state index contributed by atoms with van der Waals surface area (Å²) >= 11 is 0. The maximum atomic E-state index is 6.02. The standard InChI is InChI=1S/C13H18N4O/c1-8(2)17-12(11(14)13(15)16-17)9-5-4-6-10(7-9)18-3/h4-8H,14H2,1-3H3,(H2,15,16). The molecule has 5 nitrogen and oxygen atoms in total. The number of anilines is 2. The van der Waals surface area contributed by atoms with Gasteiger partial charge < -0.3 is 16.2 Å². The highest BCUT2D eigenvalue weighted by Gasteiger charge is 2.17. The number of methoxy groups -OCH3 is 1. The van der Waals surface area contributed by atoms with Gasteiger partial charge in [0.05, 0.1) is 12.8 Å². The van der Waals surface area contributed by atoms with E-state index in [0.717, 1.165) is 17.0 Å². The molecule has 2 aromatic rings. The van der Waals surface area contributed by atoms with E-state index in [4.69, 9.17) is 16.2 Å². The number of nitrogens with zero attached hydrogens (tertiary/aromatic N) is 2. The van der Waals surface area contributed by atoms with Crippen molar-refractivity contribution >= 4 is 11.5 Å². The van der Waals surface area contributed by atoms with Gasteiger partial charge in [0.1, 0.15) is 11.4 Å². The Morgan fingerprint density at radius 1 is 1.28 bits per heavy atom. The summed E-state index contributed by atoms with van der Waals surface area (Å²) in [4.78, 5) is 0. The molecule has 18 heavy (non-hydrogen) atoms. The summed E-state index contributed by atoms with van der Waals surface area (Å²) in [5, 5.41) is 4.27. The topological polar surface area (TPSA) is 79.1 Å². The molecule has 0 spiro atoms. The van der Waals surface area contributed by atoms with Crippen molar-refractivity contribution in [1.29, 1.82) is 0 Å². The van der Waals surface area contributed by atoms with Gasteiger partial charge in [-0.1, -0.05) is 12.1 Å². The largest absolute Gasteiger partial charge is 0.497 e. The minimum atomic E-state index is 0.186. The third-order valence-electron chi connectivity index (χ3n) is 2.81. The van der Waals surface area contributed by atoms with E-state index >= 15 is 0 Å². The van der Waals surface area contributed by atoms with Crippen LogP contribution in [0.15, 0.2) is 24.3 Å². The molecule has 96 valence electrons. The molecule has 0 aliphatic carbocycles. The minimum absolute atomic E-state index is 0.186. The summed E-state index contributed by atoms with van der Waals surface area (Å²) in [6.45, 7) is 4.07. The van der Waals surface area contributed by atoms with Crippen molar-refractivity contribution < 1.29 is 4.74 Å². The fourth-order valence-corrected chi connectivity index (χ4v) is 1.90. The average molecular weight is 246 g/mol. The molecule has 0 fully saturated rings. The lowest BCUT2D eigenvalue weighted by atomic mass is 10.1. The summed E-state index contributed by atoms with van der Waals surface area (Å²) < 4.78 is 7.05. The van der Waals surface area contributed by atoms with Gasteiger partial charge in [-0.05, 0) is 26.0 Å². The van der Waals surface area contributed by atoms with Crippen LogP contribution < -0.4 is 16.2 Å². The number of ether oxygens (including phenoxy) is 1. The SMILES string of the molecule is COc1cccc(-c2c(N)c(N)nn2C(C)C)c1. The second-order valence-corrected chi connectivity index (χ2v) is 4.42. The average Bonchev–Trinajstić information content (AvgIpc) is 2.66. The lowest BCUT2D eigenvalue weighted by molar-refractivity contribution is 0.415. The van der Waals surface area contributed by atoms with Crippen LogP contribution in [-0.2, 0) is 0 Å². The second-order valence-electron chi connectivity index (χ2n) is 4.42. The van der Waals surface area contributed by atoms with Crippen LogP contribution in [-0.4, -0.2) is 16.9 Å².